The van der Waals surface area contributed by atoms with Gasteiger partial charge in [-0.15, -0.1) is 5.10 Å². The van der Waals surface area contributed by atoms with Crippen LogP contribution in [0.1, 0.15) is 18.2 Å². The second-order valence-corrected chi connectivity index (χ2v) is 7.47. The molecule has 154 valence electrons. The number of nitrogens with zero attached hydrogens (tertiary/aromatic N) is 3. The number of ether oxygens (including phenoxy) is 1. The van der Waals surface area contributed by atoms with Crippen LogP contribution in [0.15, 0.2) is 57.8 Å². The molecule has 10 heteroatoms. The Morgan fingerprint density at radius 1 is 1.19 bits per heavy atom. The average molecular weight is 454 g/mol. The Morgan fingerprint density at radius 3 is 2.58 bits per heavy atom. The van der Waals surface area contributed by atoms with Crippen LogP contribution in [0.5, 0.6) is 11.5 Å². The quantitative estimate of drug-likeness (QED) is 0.613. The molecule has 8 nitrogen and oxygen atoms in total. The minimum absolute atomic E-state index is 0.108. The van der Waals surface area contributed by atoms with E-state index in [4.69, 9.17) is 33.2 Å². The maximum Gasteiger partial charge on any atom is 0.349 e. The van der Waals surface area contributed by atoms with Gasteiger partial charge in [-0.2, -0.15) is 9.94 Å². The highest BCUT2D eigenvalue weighted by atomic mass is 35.5. The molecule has 2 aromatic carbocycles. The van der Waals surface area contributed by atoms with Crippen LogP contribution in [0, 0.1) is 11.3 Å². The number of hydrogen-bond acceptors (Lipinski definition) is 6. The molecule has 1 aliphatic rings. The fourth-order valence-electron chi connectivity index (χ4n) is 2.95. The standard InChI is InChI=1S/C21H13Cl2N5O3/c1-10-5-12-6-14(3-4-17(12)25-11(10)2)31-19-15(22)7-13(8-16(19)23)28-21(30)26-20(29)18(9-24)27-28/h3-8,25H,2H2,1H3,(H,26,29,30). The molecular weight excluding hydrogens is 441 g/mol. The number of H-pyrrole nitrogens is 1. The summed E-state index contributed by atoms with van der Waals surface area (Å²) in [6.07, 6.45) is 1.98. The predicted molar refractivity (Wildman–Crippen MR) is 118 cm³/mol. The van der Waals surface area contributed by atoms with E-state index in [-0.39, 0.29) is 21.5 Å². The summed E-state index contributed by atoms with van der Waals surface area (Å²) < 4.78 is 6.72. The van der Waals surface area contributed by atoms with Gasteiger partial charge in [0.1, 0.15) is 11.8 Å². The Bertz CT molecular complexity index is 1420. The first-order valence-corrected chi connectivity index (χ1v) is 9.62. The van der Waals surface area contributed by atoms with Crippen LogP contribution in [0.25, 0.3) is 11.8 Å². The molecule has 0 atom stereocenters. The van der Waals surface area contributed by atoms with Crippen molar-refractivity contribution < 1.29 is 4.74 Å². The van der Waals surface area contributed by atoms with Crippen molar-refractivity contribution in [3.8, 4) is 23.3 Å². The zero-order valence-corrected chi connectivity index (χ0v) is 17.5. The number of halogens is 2. The van der Waals surface area contributed by atoms with E-state index < -0.39 is 16.9 Å². The lowest BCUT2D eigenvalue weighted by molar-refractivity contribution is 0.483. The summed E-state index contributed by atoms with van der Waals surface area (Å²) >= 11 is 12.7. The second-order valence-electron chi connectivity index (χ2n) is 6.65. The maximum absolute atomic E-state index is 12.1. The Labute approximate surface area is 185 Å². The molecule has 0 unspecified atom stereocenters. The van der Waals surface area contributed by atoms with E-state index in [1.54, 1.807) is 12.1 Å². The van der Waals surface area contributed by atoms with Gasteiger partial charge in [0.2, 0.25) is 5.69 Å². The van der Waals surface area contributed by atoms with Gasteiger partial charge in [-0.05, 0) is 48.9 Å². The lowest BCUT2D eigenvalue weighted by Crippen LogP contribution is -2.33. The van der Waals surface area contributed by atoms with Crippen molar-refractivity contribution in [2.45, 2.75) is 6.92 Å². The number of nitrogens with one attached hydrogen (secondary N) is 2. The lowest BCUT2D eigenvalue weighted by atomic mass is 10.0. The van der Waals surface area contributed by atoms with Crippen LogP contribution in [0.3, 0.4) is 0 Å². The van der Waals surface area contributed by atoms with E-state index in [0.717, 1.165) is 27.2 Å². The highest BCUT2D eigenvalue weighted by molar-refractivity contribution is 6.37. The van der Waals surface area contributed by atoms with Crippen LogP contribution in [-0.4, -0.2) is 14.8 Å². The van der Waals surface area contributed by atoms with Gasteiger partial charge >= 0.3 is 5.69 Å². The van der Waals surface area contributed by atoms with Gasteiger partial charge in [-0.3, -0.25) is 9.78 Å². The summed E-state index contributed by atoms with van der Waals surface area (Å²) in [5.41, 5.74) is 1.61. The molecule has 1 aliphatic heterocycles. The molecule has 0 amide bonds. The monoisotopic (exact) mass is 453 g/mol. The molecule has 0 spiro atoms. The van der Waals surface area contributed by atoms with E-state index in [2.05, 4.69) is 17.0 Å². The van der Waals surface area contributed by atoms with Gasteiger partial charge in [-0.1, -0.05) is 29.8 Å². The molecule has 4 rings (SSSR count). The summed E-state index contributed by atoms with van der Waals surface area (Å²) in [6, 6.07) is 9.83. The van der Waals surface area contributed by atoms with Gasteiger partial charge in [0, 0.05) is 16.9 Å². The number of allylic oxidation sites excluding steroid dienone is 1. The fraction of sp³-hybridized carbons (Fsp3) is 0.0476. The van der Waals surface area contributed by atoms with E-state index in [9.17, 15) is 9.59 Å². The second kappa shape index (κ2) is 7.80. The van der Waals surface area contributed by atoms with E-state index in [0.29, 0.717) is 5.75 Å². The molecule has 3 aromatic rings. The summed E-state index contributed by atoms with van der Waals surface area (Å²) in [5, 5.41) is 16.1. The number of benzene rings is 2. The molecule has 0 saturated carbocycles. The molecule has 0 radical (unpaired) electrons. The molecule has 1 aromatic heterocycles. The number of nitriles is 1. The normalized spacial score (nSPS) is 12.5. The average Bonchev–Trinajstić information content (AvgIpc) is 2.71. The van der Waals surface area contributed by atoms with E-state index in [1.807, 2.05) is 30.1 Å². The third-order valence-electron chi connectivity index (χ3n) is 4.54. The fourth-order valence-corrected chi connectivity index (χ4v) is 3.50. The minimum Gasteiger partial charge on any atom is -0.454 e. The summed E-state index contributed by atoms with van der Waals surface area (Å²) in [4.78, 5) is 25.7. The van der Waals surface area contributed by atoms with Crippen molar-refractivity contribution >= 4 is 35.0 Å². The van der Waals surface area contributed by atoms with E-state index >= 15 is 0 Å². The third-order valence-corrected chi connectivity index (χ3v) is 5.10. The lowest BCUT2D eigenvalue weighted by Gasteiger charge is -2.20. The SMILES string of the molecule is C=C1Nc2ccc(Oc3c(Cl)cc(-n4nc(C#N)c(=O)[nH]c4=O)cc3Cl)cc2C=C1C. The number of aromatic nitrogens is 3. The number of rotatable bonds is 3. The Kier molecular flexibility index (Phi) is 5.15. The molecule has 2 heterocycles. The number of aromatic amines is 1. The Hall–Kier alpha value is -3.80. The number of anilines is 1. The topological polar surface area (TPSA) is 113 Å². The van der Waals surface area contributed by atoms with Crippen molar-refractivity contribution in [1.29, 1.82) is 5.26 Å². The largest absolute Gasteiger partial charge is 0.454 e. The summed E-state index contributed by atoms with van der Waals surface area (Å²) in [6.45, 7) is 5.90. The van der Waals surface area contributed by atoms with Crippen LogP contribution in [0.4, 0.5) is 5.69 Å². The van der Waals surface area contributed by atoms with Crippen molar-refractivity contribution in [2.75, 3.05) is 5.32 Å². The molecule has 31 heavy (non-hydrogen) atoms. The molecule has 0 fully saturated rings. The predicted octanol–water partition coefficient (Wildman–Crippen LogP) is 4.23. The maximum atomic E-state index is 12.1. The first kappa shape index (κ1) is 20.5. The molecular formula is C21H13Cl2N5O3. The van der Waals surface area contributed by atoms with E-state index in [1.165, 1.54) is 12.1 Å². The zero-order valence-electron chi connectivity index (χ0n) is 16.0. The van der Waals surface area contributed by atoms with Crippen molar-refractivity contribution in [1.82, 2.24) is 14.8 Å². The highest BCUT2D eigenvalue weighted by Crippen LogP contribution is 2.39. The minimum atomic E-state index is -0.879. The first-order valence-electron chi connectivity index (χ1n) is 8.86. The zero-order chi connectivity index (χ0) is 22.3. The van der Waals surface area contributed by atoms with Crippen molar-refractivity contribution in [3.63, 3.8) is 0 Å². The smallest absolute Gasteiger partial charge is 0.349 e. The van der Waals surface area contributed by atoms with Gasteiger partial charge in [-0.25, -0.2) is 4.79 Å². The van der Waals surface area contributed by atoms with Gasteiger partial charge < -0.3 is 10.1 Å². The van der Waals surface area contributed by atoms with Crippen LogP contribution in [-0.2, 0) is 0 Å². The highest BCUT2D eigenvalue weighted by Gasteiger charge is 2.16. The summed E-state index contributed by atoms with van der Waals surface area (Å²) in [7, 11) is 0. The van der Waals surface area contributed by atoms with Crippen LogP contribution >= 0.6 is 23.2 Å². The van der Waals surface area contributed by atoms with Crippen LogP contribution < -0.4 is 21.3 Å². The van der Waals surface area contributed by atoms with Crippen molar-refractivity contribution in [3.05, 3.63) is 90.3 Å². The molecule has 0 aliphatic carbocycles. The summed E-state index contributed by atoms with van der Waals surface area (Å²) in [5.74, 6) is 0.679. The Morgan fingerprint density at radius 2 is 1.90 bits per heavy atom. The molecule has 0 bridgehead atoms. The van der Waals surface area contributed by atoms with Gasteiger partial charge in [0.15, 0.2) is 5.75 Å². The van der Waals surface area contributed by atoms with Crippen LogP contribution in [0.2, 0.25) is 10.0 Å². The van der Waals surface area contributed by atoms with Gasteiger partial charge in [0.25, 0.3) is 5.56 Å². The number of fused-ring (bicyclic) bond motifs is 1. The third kappa shape index (κ3) is 3.84. The molecule has 2 N–H and O–H groups in total. The van der Waals surface area contributed by atoms with Gasteiger partial charge in [0.05, 0.1) is 15.7 Å². The molecule has 0 saturated heterocycles. The first-order chi connectivity index (χ1) is 14.8. The number of hydrogen-bond donors (Lipinski definition) is 2. The Balaban J connectivity index is 1.71. The van der Waals surface area contributed by atoms with Crippen molar-refractivity contribution in [2.24, 2.45) is 0 Å².